The van der Waals surface area contributed by atoms with E-state index in [0.717, 1.165) is 25.1 Å². The summed E-state index contributed by atoms with van der Waals surface area (Å²) in [6, 6.07) is 3.11. The van der Waals surface area contributed by atoms with E-state index in [-0.39, 0.29) is 11.6 Å². The third kappa shape index (κ3) is 5.15. The van der Waals surface area contributed by atoms with Crippen molar-refractivity contribution >= 4 is 11.9 Å². The second-order valence-electron chi connectivity index (χ2n) is 5.38. The van der Waals surface area contributed by atoms with Crippen LogP contribution in [0.3, 0.4) is 0 Å². The van der Waals surface area contributed by atoms with Crippen molar-refractivity contribution < 1.29 is 14.7 Å². The van der Waals surface area contributed by atoms with Gasteiger partial charge in [0.25, 0.3) is 0 Å². The Labute approximate surface area is 124 Å². The number of nitrogens with one attached hydrogen (secondary N) is 2. The number of pyridine rings is 1. The molecule has 1 saturated heterocycles. The lowest BCUT2D eigenvalue weighted by molar-refractivity contribution is -0.121. The predicted molar refractivity (Wildman–Crippen MR) is 77.9 cm³/mol. The molecule has 6 nitrogen and oxygen atoms in total. The molecule has 1 unspecified atom stereocenters. The van der Waals surface area contributed by atoms with Crippen molar-refractivity contribution in [2.24, 2.45) is 5.92 Å². The molecule has 0 spiro atoms. The molecule has 1 atom stereocenters. The summed E-state index contributed by atoms with van der Waals surface area (Å²) in [5.74, 6) is -0.421. The van der Waals surface area contributed by atoms with Gasteiger partial charge < -0.3 is 15.7 Å². The maximum atomic E-state index is 11.8. The van der Waals surface area contributed by atoms with Gasteiger partial charge in [-0.2, -0.15) is 0 Å². The SMILES string of the molecule is O=C(CCC1CCCNC1)NCc1ccc(C(=O)O)nc1. The number of nitrogens with zero attached hydrogens (tertiary/aromatic N) is 1. The molecule has 3 N–H and O–H groups in total. The average molecular weight is 291 g/mol. The van der Waals surface area contributed by atoms with Crippen LogP contribution in [0.1, 0.15) is 41.7 Å². The van der Waals surface area contributed by atoms with Crippen LogP contribution in [0.25, 0.3) is 0 Å². The summed E-state index contributed by atoms with van der Waals surface area (Å²) in [5.41, 5.74) is 0.808. The Kier molecular flexibility index (Phi) is 5.68. The smallest absolute Gasteiger partial charge is 0.354 e. The summed E-state index contributed by atoms with van der Waals surface area (Å²) in [4.78, 5) is 26.3. The molecule has 0 aromatic carbocycles. The maximum absolute atomic E-state index is 11.8. The van der Waals surface area contributed by atoms with Gasteiger partial charge in [0.05, 0.1) is 0 Å². The third-order valence-electron chi connectivity index (χ3n) is 3.71. The summed E-state index contributed by atoms with van der Waals surface area (Å²) >= 11 is 0. The number of aromatic nitrogens is 1. The molecule has 1 aliphatic heterocycles. The Bertz CT molecular complexity index is 481. The molecule has 0 saturated carbocycles. The number of hydrogen-bond acceptors (Lipinski definition) is 4. The molecule has 6 heteroatoms. The van der Waals surface area contributed by atoms with Gasteiger partial charge in [0, 0.05) is 19.2 Å². The monoisotopic (exact) mass is 291 g/mol. The van der Waals surface area contributed by atoms with Crippen LogP contribution in [0.4, 0.5) is 0 Å². The van der Waals surface area contributed by atoms with Crippen molar-refractivity contribution in [1.82, 2.24) is 15.6 Å². The van der Waals surface area contributed by atoms with E-state index in [9.17, 15) is 9.59 Å². The van der Waals surface area contributed by atoms with E-state index in [4.69, 9.17) is 5.11 Å². The first-order valence-electron chi connectivity index (χ1n) is 7.31. The van der Waals surface area contributed by atoms with Crippen LogP contribution in [-0.2, 0) is 11.3 Å². The molecule has 1 fully saturated rings. The van der Waals surface area contributed by atoms with E-state index in [0.29, 0.717) is 18.9 Å². The first-order valence-corrected chi connectivity index (χ1v) is 7.31. The Morgan fingerprint density at radius 3 is 2.90 bits per heavy atom. The molecular weight excluding hydrogens is 270 g/mol. The van der Waals surface area contributed by atoms with Crippen LogP contribution in [0.15, 0.2) is 18.3 Å². The lowest BCUT2D eigenvalue weighted by atomic mass is 9.94. The van der Waals surface area contributed by atoms with Crippen LogP contribution in [0, 0.1) is 5.92 Å². The van der Waals surface area contributed by atoms with Crippen LogP contribution in [0.2, 0.25) is 0 Å². The predicted octanol–water partition coefficient (Wildman–Crippen LogP) is 1.18. The van der Waals surface area contributed by atoms with Crippen LogP contribution < -0.4 is 10.6 Å². The molecule has 1 aromatic rings. The van der Waals surface area contributed by atoms with Gasteiger partial charge in [0.2, 0.25) is 5.91 Å². The number of piperidine rings is 1. The van der Waals surface area contributed by atoms with Gasteiger partial charge in [0.1, 0.15) is 5.69 Å². The van der Waals surface area contributed by atoms with Crippen LogP contribution in [0.5, 0.6) is 0 Å². The third-order valence-corrected chi connectivity index (χ3v) is 3.71. The molecule has 0 bridgehead atoms. The standard InChI is InChI=1S/C15H21N3O3/c19-14(6-4-11-2-1-7-16-8-11)18-10-12-3-5-13(15(20)21)17-9-12/h3,5,9,11,16H,1-2,4,6-8,10H2,(H,18,19)(H,20,21). The summed E-state index contributed by atoms with van der Waals surface area (Å²) < 4.78 is 0. The number of hydrogen-bond donors (Lipinski definition) is 3. The highest BCUT2D eigenvalue weighted by Gasteiger charge is 2.14. The van der Waals surface area contributed by atoms with Crippen molar-refractivity contribution in [3.63, 3.8) is 0 Å². The molecule has 21 heavy (non-hydrogen) atoms. The second kappa shape index (κ2) is 7.73. The normalized spacial score (nSPS) is 18.2. The molecular formula is C15H21N3O3. The number of rotatable bonds is 6. The highest BCUT2D eigenvalue weighted by atomic mass is 16.4. The van der Waals surface area contributed by atoms with Gasteiger partial charge in [-0.3, -0.25) is 4.79 Å². The Balaban J connectivity index is 1.69. The molecule has 0 aliphatic carbocycles. The van der Waals surface area contributed by atoms with E-state index in [2.05, 4.69) is 15.6 Å². The van der Waals surface area contributed by atoms with E-state index in [1.54, 1.807) is 6.07 Å². The van der Waals surface area contributed by atoms with Crippen LogP contribution in [-0.4, -0.2) is 35.1 Å². The summed E-state index contributed by atoms with van der Waals surface area (Å²) in [7, 11) is 0. The zero-order valence-electron chi connectivity index (χ0n) is 12.0. The molecule has 1 aliphatic rings. The quantitative estimate of drug-likeness (QED) is 0.732. The zero-order chi connectivity index (χ0) is 15.1. The van der Waals surface area contributed by atoms with E-state index >= 15 is 0 Å². The number of aromatic carboxylic acids is 1. The fourth-order valence-electron chi connectivity index (χ4n) is 2.45. The van der Waals surface area contributed by atoms with Crippen molar-refractivity contribution in [3.05, 3.63) is 29.6 Å². The number of carboxylic acid groups (broad SMARTS) is 1. The van der Waals surface area contributed by atoms with Gasteiger partial charge in [-0.15, -0.1) is 0 Å². The summed E-state index contributed by atoms with van der Waals surface area (Å²) in [5, 5.41) is 14.9. The first kappa shape index (κ1) is 15.4. The lowest BCUT2D eigenvalue weighted by Crippen LogP contribution is -2.31. The van der Waals surface area contributed by atoms with Gasteiger partial charge in [-0.05, 0) is 49.9 Å². The minimum Gasteiger partial charge on any atom is -0.477 e. The van der Waals surface area contributed by atoms with E-state index < -0.39 is 5.97 Å². The fraction of sp³-hybridized carbons (Fsp3) is 0.533. The summed E-state index contributed by atoms with van der Waals surface area (Å²) in [6.07, 6.45) is 5.31. The van der Waals surface area contributed by atoms with Crippen molar-refractivity contribution in [3.8, 4) is 0 Å². The number of carbonyl (C=O) groups is 2. The van der Waals surface area contributed by atoms with E-state index in [1.165, 1.54) is 25.1 Å². The largest absolute Gasteiger partial charge is 0.477 e. The maximum Gasteiger partial charge on any atom is 0.354 e. The number of carboxylic acids is 1. The molecule has 1 amide bonds. The summed E-state index contributed by atoms with van der Waals surface area (Å²) in [6.45, 7) is 2.48. The Morgan fingerprint density at radius 1 is 1.43 bits per heavy atom. The lowest BCUT2D eigenvalue weighted by Gasteiger charge is -2.22. The molecule has 2 heterocycles. The van der Waals surface area contributed by atoms with Gasteiger partial charge in [0.15, 0.2) is 0 Å². The topological polar surface area (TPSA) is 91.3 Å². The second-order valence-corrected chi connectivity index (χ2v) is 5.38. The highest BCUT2D eigenvalue weighted by Crippen LogP contribution is 2.15. The minimum absolute atomic E-state index is 0.00914. The minimum atomic E-state index is -1.05. The van der Waals surface area contributed by atoms with Gasteiger partial charge in [-0.1, -0.05) is 6.07 Å². The first-order chi connectivity index (χ1) is 10.1. The van der Waals surface area contributed by atoms with Crippen molar-refractivity contribution in [2.45, 2.75) is 32.2 Å². The number of carbonyl (C=O) groups excluding carboxylic acids is 1. The highest BCUT2D eigenvalue weighted by molar-refractivity contribution is 5.85. The number of amides is 1. The van der Waals surface area contributed by atoms with E-state index in [1.807, 2.05) is 0 Å². The van der Waals surface area contributed by atoms with Crippen LogP contribution >= 0.6 is 0 Å². The fourth-order valence-corrected chi connectivity index (χ4v) is 2.45. The molecule has 114 valence electrons. The zero-order valence-corrected chi connectivity index (χ0v) is 12.0. The average Bonchev–Trinajstić information content (AvgIpc) is 2.52. The van der Waals surface area contributed by atoms with Crippen molar-refractivity contribution in [2.75, 3.05) is 13.1 Å². The van der Waals surface area contributed by atoms with Gasteiger partial charge in [-0.25, -0.2) is 9.78 Å². The van der Waals surface area contributed by atoms with Gasteiger partial charge >= 0.3 is 5.97 Å². The Morgan fingerprint density at radius 2 is 2.29 bits per heavy atom. The molecule has 1 aromatic heterocycles. The molecule has 0 radical (unpaired) electrons. The van der Waals surface area contributed by atoms with Crippen molar-refractivity contribution in [1.29, 1.82) is 0 Å². The Hall–Kier alpha value is -1.95. The molecule has 2 rings (SSSR count).